The Morgan fingerprint density at radius 2 is 1.80 bits per heavy atom. The second-order valence-electron chi connectivity index (χ2n) is 7.11. The van der Waals surface area contributed by atoms with E-state index in [4.69, 9.17) is 0 Å². The van der Waals surface area contributed by atoms with E-state index in [1.807, 2.05) is 0 Å². The van der Waals surface area contributed by atoms with E-state index in [0.29, 0.717) is 5.00 Å². The van der Waals surface area contributed by atoms with Crippen LogP contribution in [0.5, 0.6) is 0 Å². The maximum atomic E-state index is 12.6. The molecular weight excluding hydrogens is 418 g/mol. The lowest BCUT2D eigenvalue weighted by molar-refractivity contribution is 0.566. The summed E-state index contributed by atoms with van der Waals surface area (Å²) in [6.07, 6.45) is 3.20. The molecule has 1 N–H and O–H groups in total. The summed E-state index contributed by atoms with van der Waals surface area (Å²) >= 11 is 5.00. The highest BCUT2D eigenvalue weighted by atomic mass is 79.9. The average Bonchev–Trinajstić information content (AvgIpc) is 2.94. The summed E-state index contributed by atoms with van der Waals surface area (Å²) in [6, 6.07) is 10.4. The zero-order valence-electron chi connectivity index (χ0n) is 15.2. The summed E-state index contributed by atoms with van der Waals surface area (Å²) in [7, 11) is -3.45. The normalized spacial score (nSPS) is 12.4. The van der Waals surface area contributed by atoms with Gasteiger partial charge >= 0.3 is 0 Å². The first-order valence-electron chi connectivity index (χ1n) is 8.48. The fourth-order valence-corrected chi connectivity index (χ4v) is 4.76. The van der Waals surface area contributed by atoms with Crippen molar-refractivity contribution < 1.29 is 8.42 Å². The highest BCUT2D eigenvalue weighted by molar-refractivity contribution is 9.08. The van der Waals surface area contributed by atoms with Crippen molar-refractivity contribution in [1.82, 2.24) is 0 Å². The van der Waals surface area contributed by atoms with E-state index < -0.39 is 14.8 Å². The molecule has 0 aliphatic carbocycles. The van der Waals surface area contributed by atoms with Crippen LogP contribution in [-0.4, -0.2) is 13.2 Å². The summed E-state index contributed by atoms with van der Waals surface area (Å²) in [4.78, 5) is 1.22. The Balaban J connectivity index is 2.44. The van der Waals surface area contributed by atoms with E-state index >= 15 is 0 Å². The van der Waals surface area contributed by atoms with Gasteiger partial charge in [0.05, 0.1) is 4.75 Å². The molecule has 1 heterocycles. The summed E-state index contributed by atoms with van der Waals surface area (Å²) in [6.45, 7) is 7.30. The van der Waals surface area contributed by atoms with Crippen LogP contribution in [0.25, 0.3) is 11.1 Å². The summed E-state index contributed by atoms with van der Waals surface area (Å²) < 4.78 is 27.2. The van der Waals surface area contributed by atoms with Gasteiger partial charge < -0.3 is 0 Å². The number of halogens is 1. The van der Waals surface area contributed by atoms with Gasteiger partial charge in [0.25, 0.3) is 0 Å². The predicted octanol–water partition coefficient (Wildman–Crippen LogP) is 6.19. The number of sulfonamides is 1. The van der Waals surface area contributed by atoms with Crippen LogP contribution in [0, 0.1) is 0 Å². The van der Waals surface area contributed by atoms with Gasteiger partial charge in [-0.3, -0.25) is 4.72 Å². The number of nitrogens with one attached hydrogen (secondary N) is 1. The van der Waals surface area contributed by atoms with E-state index in [-0.39, 0.29) is 0 Å². The van der Waals surface area contributed by atoms with Crippen LogP contribution in [0.1, 0.15) is 51.0 Å². The van der Waals surface area contributed by atoms with Gasteiger partial charge in [-0.1, -0.05) is 53.5 Å². The van der Waals surface area contributed by atoms with Crippen molar-refractivity contribution in [2.45, 2.75) is 57.0 Å². The molecule has 0 radical (unpaired) electrons. The molecular formula is C19H26BrNO2S2. The molecule has 0 amide bonds. The molecule has 25 heavy (non-hydrogen) atoms. The Bertz CT molecular complexity index is 803. The van der Waals surface area contributed by atoms with Gasteiger partial charge in [-0.05, 0) is 50.8 Å². The smallest absolute Gasteiger partial charge is 0.238 e. The van der Waals surface area contributed by atoms with Crippen molar-refractivity contribution in [3.8, 4) is 11.1 Å². The maximum Gasteiger partial charge on any atom is 0.238 e. The molecule has 0 aliphatic heterocycles. The van der Waals surface area contributed by atoms with E-state index in [2.05, 4.69) is 57.9 Å². The number of hydrogen-bond donors (Lipinski definition) is 1. The van der Waals surface area contributed by atoms with Crippen LogP contribution in [0.3, 0.4) is 0 Å². The standard InChI is InChI=1S/C19H26BrNO2S2/c1-5-6-7-16-12-17(15-10-8-14(13-20)9-11-15)18(24-16)21-25(22,23)19(2,3)4/h8-12,21H,5-7,13H2,1-4H3. The van der Waals surface area contributed by atoms with Crippen LogP contribution >= 0.6 is 27.3 Å². The molecule has 0 spiro atoms. The molecule has 1 aromatic heterocycles. The first-order chi connectivity index (χ1) is 11.7. The lowest BCUT2D eigenvalue weighted by atomic mass is 10.1. The van der Waals surface area contributed by atoms with E-state index in [1.54, 1.807) is 32.1 Å². The lowest BCUT2D eigenvalue weighted by Crippen LogP contribution is -2.33. The minimum absolute atomic E-state index is 0.715. The molecule has 2 rings (SSSR count). The number of anilines is 1. The predicted molar refractivity (Wildman–Crippen MR) is 113 cm³/mol. The quantitative estimate of drug-likeness (QED) is 0.518. The molecule has 0 fully saturated rings. The molecule has 0 unspecified atom stereocenters. The van der Waals surface area contributed by atoms with E-state index in [0.717, 1.165) is 35.7 Å². The number of alkyl halides is 1. The molecule has 6 heteroatoms. The van der Waals surface area contributed by atoms with Crippen LogP contribution in [-0.2, 0) is 21.8 Å². The molecule has 0 atom stereocenters. The second kappa shape index (κ2) is 8.23. The first kappa shape index (κ1) is 20.5. The third-order valence-corrected chi connectivity index (χ3v) is 7.98. The van der Waals surface area contributed by atoms with Gasteiger partial charge in [-0.15, -0.1) is 11.3 Å². The average molecular weight is 444 g/mol. The monoisotopic (exact) mass is 443 g/mol. The van der Waals surface area contributed by atoms with Gasteiger partial charge in [0, 0.05) is 15.8 Å². The minimum Gasteiger partial charge on any atom is -0.273 e. The minimum atomic E-state index is -3.45. The number of aryl methyl sites for hydroxylation is 1. The number of hydrogen-bond acceptors (Lipinski definition) is 3. The van der Waals surface area contributed by atoms with Crippen molar-refractivity contribution in [3.05, 3.63) is 40.8 Å². The van der Waals surface area contributed by atoms with Crippen molar-refractivity contribution >= 4 is 42.3 Å². The van der Waals surface area contributed by atoms with Crippen molar-refractivity contribution in [3.63, 3.8) is 0 Å². The summed E-state index contributed by atoms with van der Waals surface area (Å²) in [5.74, 6) is 0. The zero-order valence-corrected chi connectivity index (χ0v) is 18.4. The molecule has 2 aromatic rings. The van der Waals surface area contributed by atoms with Crippen molar-refractivity contribution in [2.75, 3.05) is 4.72 Å². The number of rotatable bonds is 7. The summed E-state index contributed by atoms with van der Waals surface area (Å²) in [5, 5.41) is 1.52. The molecule has 138 valence electrons. The third-order valence-electron chi connectivity index (χ3n) is 4.01. The third kappa shape index (κ3) is 5.08. The topological polar surface area (TPSA) is 46.2 Å². The Hall–Kier alpha value is -0.850. The van der Waals surface area contributed by atoms with Gasteiger partial charge in [-0.25, -0.2) is 8.42 Å². The van der Waals surface area contributed by atoms with Crippen LogP contribution in [0.4, 0.5) is 5.00 Å². The highest BCUT2D eigenvalue weighted by Crippen LogP contribution is 2.39. The molecule has 0 saturated carbocycles. The zero-order chi connectivity index (χ0) is 18.7. The van der Waals surface area contributed by atoms with Crippen LogP contribution in [0.15, 0.2) is 30.3 Å². The van der Waals surface area contributed by atoms with Crippen molar-refractivity contribution in [1.29, 1.82) is 0 Å². The Kier molecular flexibility index (Phi) is 6.74. The van der Waals surface area contributed by atoms with Gasteiger partial charge in [0.15, 0.2) is 0 Å². The maximum absolute atomic E-state index is 12.6. The SMILES string of the molecule is CCCCc1cc(-c2ccc(CBr)cc2)c(NS(=O)(=O)C(C)(C)C)s1. The number of unbranched alkanes of at least 4 members (excludes halogenated alkanes) is 1. The molecule has 0 bridgehead atoms. The number of thiophene rings is 1. The Labute approximate surface area is 164 Å². The first-order valence-corrected chi connectivity index (χ1v) is 11.9. The van der Waals surface area contributed by atoms with Gasteiger partial charge in [-0.2, -0.15) is 0 Å². The second-order valence-corrected chi connectivity index (χ2v) is 11.2. The summed E-state index contributed by atoms with van der Waals surface area (Å²) in [5.41, 5.74) is 3.20. The molecule has 0 aliphatic rings. The van der Waals surface area contributed by atoms with Crippen LogP contribution < -0.4 is 4.72 Å². The fourth-order valence-electron chi connectivity index (χ4n) is 2.26. The molecule has 0 saturated heterocycles. The van der Waals surface area contributed by atoms with Crippen LogP contribution in [0.2, 0.25) is 0 Å². The Morgan fingerprint density at radius 3 is 2.32 bits per heavy atom. The molecule has 1 aromatic carbocycles. The van der Waals surface area contributed by atoms with Crippen molar-refractivity contribution in [2.24, 2.45) is 0 Å². The molecule has 3 nitrogen and oxygen atoms in total. The van der Waals surface area contributed by atoms with E-state index in [9.17, 15) is 8.42 Å². The van der Waals surface area contributed by atoms with Gasteiger partial charge in [0.2, 0.25) is 10.0 Å². The fraction of sp³-hybridized carbons (Fsp3) is 0.474. The number of benzene rings is 1. The van der Waals surface area contributed by atoms with E-state index in [1.165, 1.54) is 10.4 Å². The Morgan fingerprint density at radius 1 is 1.16 bits per heavy atom. The highest BCUT2D eigenvalue weighted by Gasteiger charge is 2.30. The van der Waals surface area contributed by atoms with Gasteiger partial charge in [0.1, 0.15) is 5.00 Å². The largest absolute Gasteiger partial charge is 0.273 e. The lowest BCUT2D eigenvalue weighted by Gasteiger charge is -2.20.